The predicted octanol–water partition coefficient (Wildman–Crippen LogP) is 20.2. The highest BCUT2D eigenvalue weighted by Gasteiger charge is 2.33. The van der Waals surface area contributed by atoms with Crippen LogP contribution in [0.15, 0.2) is 209 Å². The summed E-state index contributed by atoms with van der Waals surface area (Å²) in [6.45, 7) is 13.8. The Morgan fingerprint density at radius 2 is 0.890 bits per heavy atom. The fourth-order valence-corrected chi connectivity index (χ4v) is 12.4. The van der Waals surface area contributed by atoms with E-state index in [0.29, 0.717) is 5.92 Å². The zero-order chi connectivity index (χ0) is 49.3. The second-order valence-corrected chi connectivity index (χ2v) is 22.4. The first-order valence-electron chi connectivity index (χ1n) is 25.8. The lowest BCUT2D eigenvalue weighted by Crippen LogP contribution is -2.19. The number of nitrogens with zero attached hydrogens (tertiary/aromatic N) is 1. The first-order valence-corrected chi connectivity index (χ1v) is 25.8. The quantitative estimate of drug-likeness (QED) is 0.161. The molecule has 0 amide bonds. The van der Waals surface area contributed by atoms with E-state index >= 15 is 0 Å². The van der Waals surface area contributed by atoms with E-state index in [9.17, 15) is 0 Å². The summed E-state index contributed by atoms with van der Waals surface area (Å²) in [5.74, 6) is 1.41. The van der Waals surface area contributed by atoms with Crippen molar-refractivity contribution in [3.8, 4) is 50.2 Å². The van der Waals surface area contributed by atoms with Gasteiger partial charge in [0.1, 0.15) is 22.5 Å². The third-order valence-electron chi connectivity index (χ3n) is 15.9. The van der Waals surface area contributed by atoms with Gasteiger partial charge in [-0.25, -0.2) is 0 Å². The third-order valence-corrected chi connectivity index (χ3v) is 15.9. The molecule has 14 rings (SSSR count). The molecule has 0 radical (unpaired) electrons. The lowest BCUT2D eigenvalue weighted by atomic mass is 9.74. The van der Waals surface area contributed by atoms with Crippen molar-refractivity contribution >= 4 is 82.3 Å². The SMILES string of the molecule is CC(C)(C)c1cccc2c1oc1c(-c3ccc4c(c3)c3cc(-c5cccc6c7c(oc56)C(C(C)(C)C)CC=C7)ccc3n4-c3ccc(-c4c5ccccc5c(-c5ccccc5)c5ccccc45)cc3)cccc12. The van der Waals surface area contributed by atoms with Crippen LogP contribution in [0.5, 0.6) is 0 Å². The topological polar surface area (TPSA) is 31.2 Å². The molecule has 1 aliphatic carbocycles. The van der Waals surface area contributed by atoms with E-state index in [2.05, 4.69) is 252 Å². The van der Waals surface area contributed by atoms with Crippen molar-refractivity contribution < 1.29 is 8.83 Å². The molecule has 10 aromatic carbocycles. The van der Waals surface area contributed by atoms with Gasteiger partial charge < -0.3 is 13.4 Å². The van der Waals surface area contributed by atoms with Crippen LogP contribution < -0.4 is 0 Å². The van der Waals surface area contributed by atoms with E-state index in [1.807, 2.05) is 0 Å². The third kappa shape index (κ3) is 6.71. The van der Waals surface area contributed by atoms with Gasteiger partial charge in [-0.3, -0.25) is 0 Å². The number of fused-ring (bicyclic) bond motifs is 11. The van der Waals surface area contributed by atoms with Crippen molar-refractivity contribution in [3.63, 3.8) is 0 Å². The molecule has 0 N–H and O–H groups in total. The molecule has 1 aliphatic rings. The number of allylic oxidation sites excluding steroid dienone is 1. The van der Waals surface area contributed by atoms with E-state index in [1.165, 1.54) is 71.1 Å². The van der Waals surface area contributed by atoms with Gasteiger partial charge >= 0.3 is 0 Å². The monoisotopic (exact) mass is 941 g/mol. The Hall–Kier alpha value is -8.40. The second kappa shape index (κ2) is 16.1. The molecular weight excluding hydrogens is 887 g/mol. The Morgan fingerprint density at radius 1 is 0.411 bits per heavy atom. The van der Waals surface area contributed by atoms with Crippen LogP contribution in [0.25, 0.3) is 133 Å². The number of benzene rings is 10. The van der Waals surface area contributed by atoms with Crippen LogP contribution in [0.3, 0.4) is 0 Å². The molecule has 3 heteroatoms. The maximum absolute atomic E-state index is 7.02. The molecule has 0 aliphatic heterocycles. The largest absolute Gasteiger partial charge is 0.459 e. The van der Waals surface area contributed by atoms with Gasteiger partial charge in [0, 0.05) is 60.8 Å². The standard InChI is InChI=1S/C70H55NO2/c1-69(2,3)59-30-16-28-55-53-26-14-24-47(65(53)72-67(55)59)44-34-38-61-57(40-44)58-41-45(48-25-15-27-54-56-29-17-31-60(70(4,5)6)68(56)73-66(48)54)35-39-62(58)71(61)46-36-32-43(33-37-46)64-51-22-12-10-20-49(51)63(42-18-8-7-9-19-42)50-21-11-13-23-52(50)64/h7-30,32-41,60H,31H2,1-6H3. The fourth-order valence-electron chi connectivity index (χ4n) is 12.4. The number of para-hydroxylation sites is 3. The minimum Gasteiger partial charge on any atom is -0.459 e. The smallest absolute Gasteiger partial charge is 0.143 e. The Bertz CT molecular complexity index is 4350. The van der Waals surface area contributed by atoms with E-state index < -0.39 is 0 Å². The molecule has 0 bridgehead atoms. The average molecular weight is 942 g/mol. The maximum Gasteiger partial charge on any atom is 0.143 e. The van der Waals surface area contributed by atoms with Gasteiger partial charge in [0.2, 0.25) is 0 Å². The van der Waals surface area contributed by atoms with Crippen molar-refractivity contribution in [2.45, 2.75) is 59.3 Å². The number of hydrogen-bond donors (Lipinski definition) is 0. The van der Waals surface area contributed by atoms with Gasteiger partial charge in [-0.15, -0.1) is 0 Å². The molecule has 13 aromatic rings. The molecule has 73 heavy (non-hydrogen) atoms. The van der Waals surface area contributed by atoms with Crippen LogP contribution in [-0.2, 0) is 5.41 Å². The van der Waals surface area contributed by atoms with Crippen LogP contribution in [-0.4, -0.2) is 4.57 Å². The number of rotatable bonds is 5. The molecular formula is C70H55NO2. The zero-order valence-corrected chi connectivity index (χ0v) is 42.2. The molecule has 1 atom stereocenters. The summed E-state index contributed by atoms with van der Waals surface area (Å²) in [6, 6.07) is 71.6. The van der Waals surface area contributed by atoms with Gasteiger partial charge in [-0.1, -0.05) is 211 Å². The molecule has 1 unspecified atom stereocenters. The maximum atomic E-state index is 7.02. The molecule has 3 aromatic heterocycles. The molecule has 3 heterocycles. The van der Waals surface area contributed by atoms with Gasteiger partial charge in [0.05, 0.1) is 11.0 Å². The van der Waals surface area contributed by atoms with E-state index in [-0.39, 0.29) is 10.8 Å². The van der Waals surface area contributed by atoms with Gasteiger partial charge in [0.25, 0.3) is 0 Å². The minimum atomic E-state index is -0.0664. The molecule has 3 nitrogen and oxygen atoms in total. The van der Waals surface area contributed by atoms with Crippen LogP contribution >= 0.6 is 0 Å². The van der Waals surface area contributed by atoms with E-state index in [0.717, 1.165) is 78.7 Å². The van der Waals surface area contributed by atoms with Crippen LogP contribution in [0, 0.1) is 5.41 Å². The Kier molecular flexibility index (Phi) is 9.54. The Labute approximate surface area is 425 Å². The minimum absolute atomic E-state index is 0.0664. The van der Waals surface area contributed by atoms with Crippen LogP contribution in [0.1, 0.15) is 70.8 Å². The molecule has 352 valence electrons. The lowest BCUT2D eigenvalue weighted by molar-refractivity contribution is 0.283. The summed E-state index contributed by atoms with van der Waals surface area (Å²) < 4.78 is 16.4. The van der Waals surface area contributed by atoms with Crippen LogP contribution in [0.2, 0.25) is 0 Å². The van der Waals surface area contributed by atoms with Crippen molar-refractivity contribution in [2.75, 3.05) is 0 Å². The van der Waals surface area contributed by atoms with Crippen molar-refractivity contribution in [1.29, 1.82) is 0 Å². The van der Waals surface area contributed by atoms with Crippen LogP contribution in [0.4, 0.5) is 0 Å². The van der Waals surface area contributed by atoms with Crippen molar-refractivity contribution in [2.24, 2.45) is 5.41 Å². The normalized spacial score (nSPS) is 14.2. The molecule has 0 saturated heterocycles. The summed E-state index contributed by atoms with van der Waals surface area (Å²) in [5.41, 5.74) is 18.0. The molecule has 0 saturated carbocycles. The number of aromatic nitrogens is 1. The Balaban J connectivity index is 0.972. The summed E-state index contributed by atoms with van der Waals surface area (Å²) in [5, 5.41) is 10.8. The first kappa shape index (κ1) is 43.4. The summed E-state index contributed by atoms with van der Waals surface area (Å²) in [7, 11) is 0. The van der Waals surface area contributed by atoms with Gasteiger partial charge in [-0.05, 0) is 109 Å². The number of hydrogen-bond acceptors (Lipinski definition) is 2. The lowest BCUT2D eigenvalue weighted by Gasteiger charge is -2.30. The Morgan fingerprint density at radius 3 is 1.45 bits per heavy atom. The van der Waals surface area contributed by atoms with E-state index in [1.54, 1.807) is 0 Å². The first-order chi connectivity index (χ1) is 35.5. The average Bonchev–Trinajstić information content (AvgIpc) is 4.09. The van der Waals surface area contributed by atoms with Crippen molar-refractivity contribution in [3.05, 3.63) is 217 Å². The second-order valence-electron chi connectivity index (χ2n) is 22.4. The number of furan rings is 2. The summed E-state index contributed by atoms with van der Waals surface area (Å²) in [6.07, 6.45) is 5.58. The van der Waals surface area contributed by atoms with Crippen molar-refractivity contribution in [1.82, 2.24) is 4.57 Å². The summed E-state index contributed by atoms with van der Waals surface area (Å²) >= 11 is 0. The molecule has 0 fully saturated rings. The van der Waals surface area contributed by atoms with E-state index in [4.69, 9.17) is 8.83 Å². The molecule has 0 spiro atoms. The summed E-state index contributed by atoms with van der Waals surface area (Å²) in [4.78, 5) is 0. The highest BCUT2D eigenvalue weighted by Crippen LogP contribution is 2.49. The van der Waals surface area contributed by atoms with Gasteiger partial charge in [-0.2, -0.15) is 0 Å². The zero-order valence-electron chi connectivity index (χ0n) is 42.2. The van der Waals surface area contributed by atoms with Gasteiger partial charge in [0.15, 0.2) is 0 Å². The highest BCUT2D eigenvalue weighted by atomic mass is 16.3. The highest BCUT2D eigenvalue weighted by molar-refractivity contribution is 6.22. The fraction of sp³-hybridized carbons (Fsp3) is 0.143. The predicted molar refractivity (Wildman–Crippen MR) is 309 cm³/mol.